The van der Waals surface area contributed by atoms with E-state index in [9.17, 15) is 0 Å². The molecule has 0 amide bonds. The molecule has 0 saturated carbocycles. The highest BCUT2D eigenvalue weighted by atomic mass is 35.5. The zero-order chi connectivity index (χ0) is 7.56. The largest absolute Gasteiger partial charge is 0.473 e. The fourth-order valence-electron chi connectivity index (χ4n) is 0.526. The van der Waals surface area contributed by atoms with Crippen molar-refractivity contribution < 1.29 is 4.74 Å². The Labute approximate surface area is 67.8 Å². The highest BCUT2D eigenvalue weighted by molar-refractivity contribution is 7.17. The number of thiazole rings is 1. The van der Waals surface area contributed by atoms with Crippen LogP contribution in [-0.2, 0) is 6.54 Å². The summed E-state index contributed by atoms with van der Waals surface area (Å²) >= 11 is 7.01. The van der Waals surface area contributed by atoms with Crippen LogP contribution < -0.4 is 10.5 Å². The van der Waals surface area contributed by atoms with Gasteiger partial charge in [0.1, 0.15) is 4.34 Å². The smallest absolute Gasteiger partial charge is 0.274 e. The van der Waals surface area contributed by atoms with Gasteiger partial charge in [-0.05, 0) is 0 Å². The Morgan fingerprint density at radius 2 is 2.50 bits per heavy atom. The Morgan fingerprint density at radius 3 is 2.80 bits per heavy atom. The highest BCUT2D eigenvalue weighted by Crippen LogP contribution is 2.28. The van der Waals surface area contributed by atoms with Gasteiger partial charge in [-0.2, -0.15) is 0 Å². The molecule has 0 saturated heterocycles. The molecular weight excluding hydrogens is 172 g/mol. The topological polar surface area (TPSA) is 48.1 Å². The van der Waals surface area contributed by atoms with Crippen LogP contribution in [0.25, 0.3) is 0 Å². The molecule has 0 aromatic carbocycles. The maximum atomic E-state index is 5.72. The maximum Gasteiger partial charge on any atom is 0.274 e. The van der Waals surface area contributed by atoms with E-state index in [1.807, 2.05) is 0 Å². The average Bonchev–Trinajstić information content (AvgIpc) is 2.30. The highest BCUT2D eigenvalue weighted by Gasteiger charge is 2.06. The number of halogens is 1. The van der Waals surface area contributed by atoms with Gasteiger partial charge in [-0.1, -0.05) is 22.9 Å². The predicted molar refractivity (Wildman–Crippen MR) is 41.6 cm³/mol. The van der Waals surface area contributed by atoms with E-state index in [1.54, 1.807) is 7.11 Å². The number of rotatable bonds is 2. The molecule has 10 heavy (non-hydrogen) atoms. The summed E-state index contributed by atoms with van der Waals surface area (Å²) in [6, 6.07) is 0. The van der Waals surface area contributed by atoms with Gasteiger partial charge in [0, 0.05) is 6.54 Å². The minimum atomic E-state index is 0.360. The summed E-state index contributed by atoms with van der Waals surface area (Å²) in [5, 5.41) is 0.561. The molecule has 0 aliphatic rings. The minimum absolute atomic E-state index is 0.360. The Hall–Kier alpha value is -0.320. The first-order valence-corrected chi connectivity index (χ1v) is 3.86. The molecule has 0 radical (unpaired) electrons. The van der Waals surface area contributed by atoms with Crippen molar-refractivity contribution in [3.8, 4) is 5.19 Å². The van der Waals surface area contributed by atoms with E-state index in [1.165, 1.54) is 11.3 Å². The monoisotopic (exact) mass is 178 g/mol. The first kappa shape index (κ1) is 7.78. The van der Waals surface area contributed by atoms with E-state index in [-0.39, 0.29) is 0 Å². The van der Waals surface area contributed by atoms with E-state index in [4.69, 9.17) is 22.1 Å². The van der Waals surface area contributed by atoms with Gasteiger partial charge in [0.25, 0.3) is 5.19 Å². The third kappa shape index (κ3) is 1.39. The lowest BCUT2D eigenvalue weighted by atomic mass is 10.5. The zero-order valence-electron chi connectivity index (χ0n) is 5.43. The summed E-state index contributed by atoms with van der Waals surface area (Å²) in [6.45, 7) is 0.360. The fraction of sp³-hybridized carbons (Fsp3) is 0.400. The molecule has 56 valence electrons. The number of aromatic nitrogens is 1. The van der Waals surface area contributed by atoms with Crippen LogP contribution in [0.4, 0.5) is 0 Å². The molecule has 1 aromatic rings. The Bertz CT molecular complexity index is 225. The minimum Gasteiger partial charge on any atom is -0.473 e. The second-order valence-electron chi connectivity index (χ2n) is 1.61. The van der Waals surface area contributed by atoms with Gasteiger partial charge in [-0.25, -0.2) is 4.98 Å². The molecule has 0 atom stereocenters. The molecule has 0 spiro atoms. The molecule has 0 aliphatic heterocycles. The summed E-state index contributed by atoms with van der Waals surface area (Å²) in [5.41, 5.74) is 6.02. The summed E-state index contributed by atoms with van der Waals surface area (Å²) < 4.78 is 5.46. The van der Waals surface area contributed by atoms with E-state index in [0.717, 1.165) is 0 Å². The van der Waals surface area contributed by atoms with E-state index >= 15 is 0 Å². The van der Waals surface area contributed by atoms with Crippen molar-refractivity contribution in [1.82, 2.24) is 4.98 Å². The van der Waals surface area contributed by atoms with Crippen molar-refractivity contribution >= 4 is 22.9 Å². The Balaban J connectivity index is 2.92. The van der Waals surface area contributed by atoms with Crippen LogP contribution >= 0.6 is 22.9 Å². The molecule has 0 bridgehead atoms. The van der Waals surface area contributed by atoms with Gasteiger partial charge in [0.15, 0.2) is 0 Å². The van der Waals surface area contributed by atoms with Crippen molar-refractivity contribution in [1.29, 1.82) is 0 Å². The van der Waals surface area contributed by atoms with Crippen LogP contribution in [0.15, 0.2) is 0 Å². The molecule has 1 heterocycles. The van der Waals surface area contributed by atoms with Gasteiger partial charge < -0.3 is 10.5 Å². The van der Waals surface area contributed by atoms with Gasteiger partial charge in [-0.15, -0.1) is 0 Å². The second kappa shape index (κ2) is 3.18. The first-order valence-electron chi connectivity index (χ1n) is 2.67. The van der Waals surface area contributed by atoms with Gasteiger partial charge in [-0.3, -0.25) is 0 Å². The SMILES string of the molecule is COc1nc(CN)c(Cl)s1. The average molecular weight is 179 g/mol. The van der Waals surface area contributed by atoms with Crippen LogP contribution in [0.5, 0.6) is 5.19 Å². The number of methoxy groups -OCH3 is 1. The van der Waals surface area contributed by atoms with Gasteiger partial charge in [0.2, 0.25) is 0 Å². The lowest BCUT2D eigenvalue weighted by Crippen LogP contribution is -1.96. The Morgan fingerprint density at radius 1 is 1.80 bits per heavy atom. The fourth-order valence-corrected chi connectivity index (χ4v) is 1.48. The lowest BCUT2D eigenvalue weighted by molar-refractivity contribution is 0.410. The first-order chi connectivity index (χ1) is 4.77. The maximum absolute atomic E-state index is 5.72. The molecular formula is C5H7ClN2OS. The van der Waals surface area contributed by atoms with E-state index in [0.29, 0.717) is 21.8 Å². The van der Waals surface area contributed by atoms with E-state index in [2.05, 4.69) is 4.98 Å². The van der Waals surface area contributed by atoms with Crippen LogP contribution in [0.2, 0.25) is 4.34 Å². The van der Waals surface area contributed by atoms with Crippen LogP contribution in [0.1, 0.15) is 5.69 Å². The molecule has 3 nitrogen and oxygen atoms in total. The lowest BCUT2D eigenvalue weighted by Gasteiger charge is -1.87. The van der Waals surface area contributed by atoms with Crippen molar-refractivity contribution in [3.05, 3.63) is 10.0 Å². The van der Waals surface area contributed by atoms with E-state index < -0.39 is 0 Å². The van der Waals surface area contributed by atoms with Crippen molar-refractivity contribution in [2.45, 2.75) is 6.54 Å². The van der Waals surface area contributed by atoms with Gasteiger partial charge in [0.05, 0.1) is 12.8 Å². The second-order valence-corrected chi connectivity index (χ2v) is 3.17. The molecule has 5 heteroatoms. The number of nitrogens with two attached hydrogens (primary N) is 1. The van der Waals surface area contributed by atoms with Crippen LogP contribution in [0, 0.1) is 0 Å². The molecule has 2 N–H and O–H groups in total. The molecule has 0 fully saturated rings. The predicted octanol–water partition coefficient (Wildman–Crippen LogP) is 1.26. The normalized spacial score (nSPS) is 9.90. The quantitative estimate of drug-likeness (QED) is 0.742. The molecule has 0 unspecified atom stereocenters. The number of hydrogen-bond acceptors (Lipinski definition) is 4. The summed E-state index contributed by atoms with van der Waals surface area (Å²) in [5.74, 6) is 0. The van der Waals surface area contributed by atoms with Crippen molar-refractivity contribution in [3.63, 3.8) is 0 Å². The molecule has 1 rings (SSSR count). The van der Waals surface area contributed by atoms with Crippen LogP contribution in [-0.4, -0.2) is 12.1 Å². The van der Waals surface area contributed by atoms with Crippen molar-refractivity contribution in [2.75, 3.05) is 7.11 Å². The molecule has 0 aliphatic carbocycles. The van der Waals surface area contributed by atoms with Crippen LogP contribution in [0.3, 0.4) is 0 Å². The Kier molecular flexibility index (Phi) is 2.48. The van der Waals surface area contributed by atoms with Gasteiger partial charge >= 0.3 is 0 Å². The summed E-state index contributed by atoms with van der Waals surface area (Å²) in [4.78, 5) is 3.99. The number of nitrogens with zero attached hydrogens (tertiary/aromatic N) is 1. The molecule has 1 aromatic heterocycles. The number of hydrogen-bond donors (Lipinski definition) is 1. The summed E-state index contributed by atoms with van der Waals surface area (Å²) in [7, 11) is 1.55. The third-order valence-corrected chi connectivity index (χ3v) is 2.30. The summed E-state index contributed by atoms with van der Waals surface area (Å²) in [6.07, 6.45) is 0. The third-order valence-electron chi connectivity index (χ3n) is 0.998. The standard InChI is InChI=1S/C5H7ClN2OS/c1-9-5-8-3(2-7)4(6)10-5/h2,7H2,1H3. The van der Waals surface area contributed by atoms with Crippen molar-refractivity contribution in [2.24, 2.45) is 5.73 Å². The number of ether oxygens (including phenoxy) is 1. The zero-order valence-corrected chi connectivity index (χ0v) is 7.00.